The van der Waals surface area contributed by atoms with Crippen LogP contribution >= 0.6 is 0 Å². The van der Waals surface area contributed by atoms with Crippen molar-refractivity contribution in [1.82, 2.24) is 14.9 Å². The van der Waals surface area contributed by atoms with Crippen LogP contribution in [0.1, 0.15) is 25.3 Å². The summed E-state index contributed by atoms with van der Waals surface area (Å²) in [5.41, 5.74) is 1.07. The van der Waals surface area contributed by atoms with Crippen molar-refractivity contribution >= 4 is 0 Å². The zero-order valence-electron chi connectivity index (χ0n) is 11.4. The largest absolute Gasteiger partial charge is 0.378 e. The Morgan fingerprint density at radius 2 is 2.26 bits per heavy atom. The maximum absolute atomic E-state index is 6.25. The summed E-state index contributed by atoms with van der Waals surface area (Å²) in [6.45, 7) is 6.54. The van der Waals surface area contributed by atoms with Crippen molar-refractivity contribution in [2.45, 2.75) is 38.0 Å². The third-order valence-electron chi connectivity index (χ3n) is 3.93. The molecule has 1 aromatic heterocycles. The van der Waals surface area contributed by atoms with Gasteiger partial charge in [0.15, 0.2) is 0 Å². The Balaban J connectivity index is 1.70. The number of rotatable bonds is 3. The van der Waals surface area contributed by atoms with Crippen LogP contribution in [0, 0.1) is 0 Å². The maximum atomic E-state index is 6.25. The summed E-state index contributed by atoms with van der Waals surface area (Å²) < 4.78 is 11.8. The highest BCUT2D eigenvalue weighted by Crippen LogP contribution is 2.31. The molecule has 5 nitrogen and oxygen atoms in total. The van der Waals surface area contributed by atoms with E-state index in [1.165, 1.54) is 0 Å². The summed E-state index contributed by atoms with van der Waals surface area (Å²) in [5.74, 6) is 0. The van der Waals surface area contributed by atoms with Crippen molar-refractivity contribution in [2.24, 2.45) is 0 Å². The zero-order chi connectivity index (χ0) is 13.1. The van der Waals surface area contributed by atoms with E-state index in [9.17, 15) is 0 Å². The van der Waals surface area contributed by atoms with Crippen molar-refractivity contribution in [3.63, 3.8) is 0 Å². The van der Waals surface area contributed by atoms with Gasteiger partial charge in [0.1, 0.15) is 11.9 Å². The van der Waals surface area contributed by atoms with Gasteiger partial charge in [0.05, 0.1) is 12.7 Å². The number of nitrogens with zero attached hydrogens (tertiary/aromatic N) is 3. The molecule has 0 aliphatic carbocycles. The molecule has 2 aliphatic heterocycles. The van der Waals surface area contributed by atoms with Crippen LogP contribution < -0.4 is 0 Å². The van der Waals surface area contributed by atoms with Crippen molar-refractivity contribution in [3.8, 4) is 0 Å². The SMILES string of the molecule is CC[C@@H]1CN(Cc2cncnc2)C[C@@]2(CCOC2)O1. The second-order valence-electron chi connectivity index (χ2n) is 5.55. The molecule has 3 rings (SSSR count). The van der Waals surface area contributed by atoms with Crippen LogP contribution in [0.5, 0.6) is 0 Å². The predicted molar refractivity (Wildman–Crippen MR) is 70.6 cm³/mol. The van der Waals surface area contributed by atoms with Gasteiger partial charge in [-0.15, -0.1) is 0 Å². The fourth-order valence-corrected chi connectivity index (χ4v) is 3.00. The maximum Gasteiger partial charge on any atom is 0.115 e. The molecule has 19 heavy (non-hydrogen) atoms. The molecule has 2 atom stereocenters. The third kappa shape index (κ3) is 2.94. The number of ether oxygens (including phenoxy) is 2. The zero-order valence-corrected chi connectivity index (χ0v) is 11.4. The van der Waals surface area contributed by atoms with Crippen LogP contribution in [0.2, 0.25) is 0 Å². The van der Waals surface area contributed by atoms with E-state index >= 15 is 0 Å². The first-order valence-corrected chi connectivity index (χ1v) is 7.01. The van der Waals surface area contributed by atoms with Gasteiger partial charge >= 0.3 is 0 Å². The average molecular weight is 263 g/mol. The van der Waals surface area contributed by atoms with Gasteiger partial charge in [-0.3, -0.25) is 4.90 Å². The highest BCUT2D eigenvalue weighted by Gasteiger charge is 2.43. The molecule has 0 N–H and O–H groups in total. The Kier molecular flexibility index (Phi) is 3.77. The molecule has 0 radical (unpaired) electrons. The first-order valence-electron chi connectivity index (χ1n) is 7.01. The second-order valence-corrected chi connectivity index (χ2v) is 5.55. The van der Waals surface area contributed by atoms with Crippen molar-refractivity contribution in [2.75, 3.05) is 26.3 Å². The van der Waals surface area contributed by atoms with Gasteiger partial charge in [0.2, 0.25) is 0 Å². The van der Waals surface area contributed by atoms with E-state index < -0.39 is 0 Å². The van der Waals surface area contributed by atoms with Crippen LogP contribution in [0.15, 0.2) is 18.7 Å². The van der Waals surface area contributed by atoms with Gasteiger partial charge in [-0.2, -0.15) is 0 Å². The molecule has 5 heteroatoms. The van der Waals surface area contributed by atoms with Crippen LogP contribution in [-0.4, -0.2) is 52.9 Å². The summed E-state index contributed by atoms with van der Waals surface area (Å²) in [4.78, 5) is 10.6. The van der Waals surface area contributed by atoms with Crippen LogP contribution in [-0.2, 0) is 16.0 Å². The molecule has 2 aliphatic rings. The van der Waals surface area contributed by atoms with Gasteiger partial charge in [-0.05, 0) is 6.42 Å². The molecule has 3 heterocycles. The van der Waals surface area contributed by atoms with Crippen molar-refractivity contribution in [3.05, 3.63) is 24.3 Å². The summed E-state index contributed by atoms with van der Waals surface area (Å²) >= 11 is 0. The Bertz CT molecular complexity index is 406. The molecular formula is C14H21N3O2. The fraction of sp³-hybridized carbons (Fsp3) is 0.714. The van der Waals surface area contributed by atoms with E-state index in [0.29, 0.717) is 6.10 Å². The lowest BCUT2D eigenvalue weighted by Crippen LogP contribution is -2.55. The van der Waals surface area contributed by atoms with Crippen LogP contribution in [0.3, 0.4) is 0 Å². The van der Waals surface area contributed by atoms with Gasteiger partial charge in [-0.1, -0.05) is 6.92 Å². The minimum Gasteiger partial charge on any atom is -0.378 e. The molecule has 2 fully saturated rings. The van der Waals surface area contributed by atoms with Gasteiger partial charge in [0, 0.05) is 50.6 Å². The highest BCUT2D eigenvalue weighted by atomic mass is 16.6. The first-order chi connectivity index (χ1) is 9.30. The van der Waals surface area contributed by atoms with Crippen molar-refractivity contribution in [1.29, 1.82) is 0 Å². The third-order valence-corrected chi connectivity index (χ3v) is 3.93. The van der Waals surface area contributed by atoms with E-state index in [1.807, 2.05) is 12.4 Å². The molecule has 0 amide bonds. The molecular weight excluding hydrogens is 242 g/mol. The first kappa shape index (κ1) is 13.0. The van der Waals surface area contributed by atoms with Crippen LogP contribution in [0.4, 0.5) is 0 Å². The van der Waals surface area contributed by atoms with E-state index in [4.69, 9.17) is 9.47 Å². The monoisotopic (exact) mass is 263 g/mol. The molecule has 1 aromatic rings. The Labute approximate surface area is 113 Å². The summed E-state index contributed by atoms with van der Waals surface area (Å²) in [5, 5.41) is 0. The lowest BCUT2D eigenvalue weighted by atomic mass is 9.98. The quantitative estimate of drug-likeness (QED) is 0.821. The van der Waals surface area contributed by atoms with Crippen molar-refractivity contribution < 1.29 is 9.47 Å². The summed E-state index contributed by atoms with van der Waals surface area (Å²) in [7, 11) is 0. The molecule has 104 valence electrons. The molecule has 1 spiro atoms. The smallest absolute Gasteiger partial charge is 0.115 e. The molecule has 0 unspecified atom stereocenters. The number of aromatic nitrogens is 2. The van der Waals surface area contributed by atoms with E-state index in [-0.39, 0.29) is 5.60 Å². The molecule has 0 saturated carbocycles. The average Bonchev–Trinajstić information content (AvgIpc) is 2.87. The minimum atomic E-state index is -0.0887. The van der Waals surface area contributed by atoms with Crippen LogP contribution in [0.25, 0.3) is 0 Å². The lowest BCUT2D eigenvalue weighted by molar-refractivity contribution is -0.156. The minimum absolute atomic E-state index is 0.0887. The molecule has 2 saturated heterocycles. The van der Waals surface area contributed by atoms with E-state index in [1.54, 1.807) is 6.33 Å². The van der Waals surface area contributed by atoms with Gasteiger partial charge in [-0.25, -0.2) is 9.97 Å². The predicted octanol–water partition coefficient (Wildman–Crippen LogP) is 1.25. The lowest BCUT2D eigenvalue weighted by Gasteiger charge is -2.43. The van der Waals surface area contributed by atoms with E-state index in [2.05, 4.69) is 21.8 Å². The summed E-state index contributed by atoms with van der Waals surface area (Å²) in [6, 6.07) is 0. The van der Waals surface area contributed by atoms with Gasteiger partial charge in [0.25, 0.3) is 0 Å². The standard InChI is InChI=1S/C14H21N3O2/c1-2-13-8-17(7-12-5-15-11-16-6-12)9-14(19-13)3-4-18-10-14/h5-6,11,13H,2-4,7-10H2,1H3/t13-,14-/m1/s1. The number of hydrogen-bond donors (Lipinski definition) is 0. The Morgan fingerprint density at radius 1 is 1.42 bits per heavy atom. The van der Waals surface area contributed by atoms with Gasteiger partial charge < -0.3 is 9.47 Å². The summed E-state index contributed by atoms with van der Waals surface area (Å²) in [6.07, 6.45) is 7.71. The second kappa shape index (κ2) is 5.53. The Hall–Kier alpha value is -1.04. The molecule has 0 aromatic carbocycles. The number of hydrogen-bond acceptors (Lipinski definition) is 5. The normalized spacial score (nSPS) is 31.9. The fourth-order valence-electron chi connectivity index (χ4n) is 3.00. The topological polar surface area (TPSA) is 47.5 Å². The molecule has 0 bridgehead atoms. The van der Waals surface area contributed by atoms with E-state index in [0.717, 1.165) is 51.3 Å². The highest BCUT2D eigenvalue weighted by molar-refractivity contribution is 5.04. The Morgan fingerprint density at radius 3 is 2.95 bits per heavy atom. The number of morpholine rings is 1.